The maximum absolute atomic E-state index is 9.83. The van der Waals surface area contributed by atoms with Gasteiger partial charge in [-0.3, -0.25) is 0 Å². The second-order valence-corrected chi connectivity index (χ2v) is 4.19. The summed E-state index contributed by atoms with van der Waals surface area (Å²) in [6, 6.07) is 8.87. The highest BCUT2D eigenvalue weighted by atomic mass is 16.3. The number of rotatable bonds is 4. The average molecular weight is 229 g/mol. The van der Waals surface area contributed by atoms with Crippen LogP contribution in [0.1, 0.15) is 31.4 Å². The Kier molecular flexibility index (Phi) is 4.09. The van der Waals surface area contributed by atoms with E-state index in [0.29, 0.717) is 24.1 Å². The number of hydrogen-bond acceptors (Lipinski definition) is 4. The molecule has 88 valence electrons. The standard InChI is InChI=1S/C13H15N3O/c1-3-13(2,17)9-16-12-5-4-10(7-14)11(6-12)8-15/h4-6,16-17H,3,9H2,1-2H3. The summed E-state index contributed by atoms with van der Waals surface area (Å²) in [5, 5.41) is 30.5. The van der Waals surface area contributed by atoms with Gasteiger partial charge in [-0.2, -0.15) is 10.5 Å². The normalized spacial score (nSPS) is 13.2. The van der Waals surface area contributed by atoms with E-state index in [1.165, 1.54) is 0 Å². The van der Waals surface area contributed by atoms with Gasteiger partial charge in [0.25, 0.3) is 0 Å². The number of nitriles is 2. The Bertz CT molecular complexity index is 480. The lowest BCUT2D eigenvalue weighted by Gasteiger charge is -2.22. The van der Waals surface area contributed by atoms with Gasteiger partial charge in [0.1, 0.15) is 12.1 Å². The van der Waals surface area contributed by atoms with Gasteiger partial charge < -0.3 is 10.4 Å². The van der Waals surface area contributed by atoms with Crippen LogP contribution in [-0.2, 0) is 0 Å². The monoisotopic (exact) mass is 229 g/mol. The first-order valence-electron chi connectivity index (χ1n) is 5.43. The van der Waals surface area contributed by atoms with Crippen molar-refractivity contribution in [2.24, 2.45) is 0 Å². The van der Waals surface area contributed by atoms with E-state index in [1.54, 1.807) is 25.1 Å². The van der Waals surface area contributed by atoms with Gasteiger partial charge in [-0.15, -0.1) is 0 Å². The molecule has 4 nitrogen and oxygen atoms in total. The van der Waals surface area contributed by atoms with E-state index in [1.807, 2.05) is 19.1 Å². The van der Waals surface area contributed by atoms with Crippen LogP contribution < -0.4 is 5.32 Å². The van der Waals surface area contributed by atoms with Crippen LogP contribution in [-0.4, -0.2) is 17.3 Å². The van der Waals surface area contributed by atoms with Gasteiger partial charge in [0.15, 0.2) is 0 Å². The molecule has 0 aromatic heterocycles. The van der Waals surface area contributed by atoms with Crippen LogP contribution in [0.5, 0.6) is 0 Å². The number of hydrogen-bond donors (Lipinski definition) is 2. The van der Waals surface area contributed by atoms with Gasteiger partial charge in [0.2, 0.25) is 0 Å². The fourth-order valence-corrected chi connectivity index (χ4v) is 1.26. The molecule has 0 spiro atoms. The zero-order chi connectivity index (χ0) is 12.9. The molecule has 0 aliphatic carbocycles. The number of nitrogens with one attached hydrogen (secondary N) is 1. The Morgan fingerprint density at radius 1 is 1.29 bits per heavy atom. The Labute approximate surface area is 101 Å². The number of anilines is 1. The molecule has 1 unspecified atom stereocenters. The molecule has 0 bridgehead atoms. The van der Waals surface area contributed by atoms with Crippen molar-refractivity contribution < 1.29 is 5.11 Å². The lowest BCUT2D eigenvalue weighted by molar-refractivity contribution is 0.0697. The smallest absolute Gasteiger partial charge is 0.101 e. The second-order valence-electron chi connectivity index (χ2n) is 4.19. The number of aliphatic hydroxyl groups is 1. The Hall–Kier alpha value is -2.04. The van der Waals surface area contributed by atoms with Gasteiger partial charge in [0, 0.05) is 12.2 Å². The zero-order valence-electron chi connectivity index (χ0n) is 9.99. The van der Waals surface area contributed by atoms with Gasteiger partial charge in [-0.05, 0) is 31.5 Å². The van der Waals surface area contributed by atoms with Gasteiger partial charge in [-0.25, -0.2) is 0 Å². The number of nitrogens with zero attached hydrogens (tertiary/aromatic N) is 2. The molecule has 1 aromatic carbocycles. The summed E-state index contributed by atoms with van der Waals surface area (Å²) in [7, 11) is 0. The van der Waals surface area contributed by atoms with Gasteiger partial charge in [0.05, 0.1) is 16.7 Å². The summed E-state index contributed by atoms with van der Waals surface area (Å²) in [5.41, 5.74) is 0.656. The van der Waals surface area contributed by atoms with Crippen molar-refractivity contribution in [3.8, 4) is 12.1 Å². The molecule has 1 atom stereocenters. The lowest BCUT2D eigenvalue weighted by Crippen LogP contribution is -2.32. The SMILES string of the molecule is CCC(C)(O)CNc1ccc(C#N)c(C#N)c1. The molecule has 0 amide bonds. The summed E-state index contributed by atoms with van der Waals surface area (Å²) in [4.78, 5) is 0. The Balaban J connectivity index is 2.82. The molecule has 0 fully saturated rings. The molecule has 0 saturated heterocycles. The van der Waals surface area contributed by atoms with Crippen LogP contribution in [0, 0.1) is 22.7 Å². The van der Waals surface area contributed by atoms with Crippen molar-refractivity contribution in [1.29, 1.82) is 10.5 Å². The molecule has 2 N–H and O–H groups in total. The quantitative estimate of drug-likeness (QED) is 0.827. The molecule has 0 aliphatic heterocycles. The molecule has 0 radical (unpaired) electrons. The average Bonchev–Trinajstić information content (AvgIpc) is 2.36. The van der Waals surface area contributed by atoms with E-state index < -0.39 is 5.60 Å². The third-order valence-corrected chi connectivity index (χ3v) is 2.70. The molecule has 0 aliphatic rings. The van der Waals surface area contributed by atoms with Crippen molar-refractivity contribution >= 4 is 5.69 Å². The summed E-state index contributed by atoms with van der Waals surface area (Å²) in [6.45, 7) is 4.05. The maximum Gasteiger partial charge on any atom is 0.101 e. The molecule has 0 saturated carbocycles. The van der Waals surface area contributed by atoms with E-state index in [0.717, 1.165) is 5.69 Å². The van der Waals surface area contributed by atoms with Crippen LogP contribution in [0.2, 0.25) is 0 Å². The highest BCUT2D eigenvalue weighted by Crippen LogP contribution is 2.16. The predicted molar refractivity (Wildman–Crippen MR) is 65.3 cm³/mol. The van der Waals surface area contributed by atoms with Crippen LogP contribution in [0.15, 0.2) is 18.2 Å². The largest absolute Gasteiger partial charge is 0.388 e. The number of benzene rings is 1. The van der Waals surface area contributed by atoms with Crippen molar-refractivity contribution in [1.82, 2.24) is 0 Å². The molecule has 1 rings (SSSR count). The predicted octanol–water partition coefficient (Wildman–Crippen LogP) is 2.00. The maximum atomic E-state index is 9.83. The van der Waals surface area contributed by atoms with Crippen LogP contribution in [0.25, 0.3) is 0 Å². The Morgan fingerprint density at radius 3 is 2.47 bits per heavy atom. The summed E-state index contributed by atoms with van der Waals surface area (Å²) in [6.07, 6.45) is 0.640. The first-order chi connectivity index (χ1) is 8.02. The minimum Gasteiger partial charge on any atom is -0.388 e. The Morgan fingerprint density at radius 2 is 1.94 bits per heavy atom. The topological polar surface area (TPSA) is 79.8 Å². The van der Waals surface area contributed by atoms with E-state index in [9.17, 15) is 5.11 Å². The molecule has 0 heterocycles. The van der Waals surface area contributed by atoms with Crippen molar-refractivity contribution in [3.63, 3.8) is 0 Å². The molecule has 1 aromatic rings. The highest BCUT2D eigenvalue weighted by molar-refractivity contribution is 5.56. The molecular formula is C13H15N3O. The van der Waals surface area contributed by atoms with Crippen LogP contribution in [0.4, 0.5) is 5.69 Å². The fourth-order valence-electron chi connectivity index (χ4n) is 1.26. The second kappa shape index (κ2) is 5.34. The molecule has 4 heteroatoms. The van der Waals surface area contributed by atoms with Crippen molar-refractivity contribution in [2.75, 3.05) is 11.9 Å². The first kappa shape index (κ1) is 13.0. The van der Waals surface area contributed by atoms with E-state index >= 15 is 0 Å². The van der Waals surface area contributed by atoms with Crippen LogP contribution in [0.3, 0.4) is 0 Å². The van der Waals surface area contributed by atoms with Gasteiger partial charge in [-0.1, -0.05) is 6.92 Å². The van der Waals surface area contributed by atoms with Crippen LogP contribution >= 0.6 is 0 Å². The van der Waals surface area contributed by atoms with Crippen molar-refractivity contribution in [2.45, 2.75) is 25.9 Å². The molecule has 17 heavy (non-hydrogen) atoms. The summed E-state index contributed by atoms with van der Waals surface area (Å²) in [5.74, 6) is 0. The minimum absolute atomic E-state index is 0.341. The highest BCUT2D eigenvalue weighted by Gasteiger charge is 2.16. The lowest BCUT2D eigenvalue weighted by atomic mass is 10.0. The third-order valence-electron chi connectivity index (χ3n) is 2.70. The fraction of sp³-hybridized carbons (Fsp3) is 0.385. The van der Waals surface area contributed by atoms with E-state index in [-0.39, 0.29) is 0 Å². The third kappa shape index (κ3) is 3.48. The minimum atomic E-state index is -0.777. The first-order valence-corrected chi connectivity index (χ1v) is 5.43. The summed E-state index contributed by atoms with van der Waals surface area (Å²) >= 11 is 0. The van der Waals surface area contributed by atoms with E-state index in [4.69, 9.17) is 10.5 Å². The van der Waals surface area contributed by atoms with Gasteiger partial charge >= 0.3 is 0 Å². The molecular weight excluding hydrogens is 214 g/mol. The van der Waals surface area contributed by atoms with E-state index in [2.05, 4.69) is 5.32 Å². The summed E-state index contributed by atoms with van der Waals surface area (Å²) < 4.78 is 0. The zero-order valence-corrected chi connectivity index (χ0v) is 9.99. The van der Waals surface area contributed by atoms with Crippen molar-refractivity contribution in [3.05, 3.63) is 29.3 Å².